The van der Waals surface area contributed by atoms with Gasteiger partial charge >= 0.3 is 0 Å². The molecule has 1 heterocycles. The maximum absolute atomic E-state index is 12.9. The van der Waals surface area contributed by atoms with Crippen molar-refractivity contribution >= 4 is 17.1 Å². The summed E-state index contributed by atoms with van der Waals surface area (Å²) < 4.78 is 0. The molecule has 2 unspecified atom stereocenters. The van der Waals surface area contributed by atoms with E-state index in [9.17, 15) is 4.79 Å². The van der Waals surface area contributed by atoms with Gasteiger partial charge < -0.3 is 0 Å². The first-order valence-corrected chi connectivity index (χ1v) is 8.16. The van der Waals surface area contributed by atoms with Crippen LogP contribution < -0.4 is 0 Å². The van der Waals surface area contributed by atoms with Crippen molar-refractivity contribution in [1.82, 2.24) is 0 Å². The van der Waals surface area contributed by atoms with Gasteiger partial charge in [0.25, 0.3) is 0 Å². The zero-order valence-corrected chi connectivity index (χ0v) is 13.2. The van der Waals surface area contributed by atoms with Gasteiger partial charge in [0.15, 0.2) is 5.78 Å². The van der Waals surface area contributed by atoms with Crippen LogP contribution in [0.5, 0.6) is 0 Å². The van der Waals surface area contributed by atoms with Gasteiger partial charge in [-0.1, -0.05) is 57.5 Å². The zero-order valence-electron chi connectivity index (χ0n) is 12.4. The van der Waals surface area contributed by atoms with Gasteiger partial charge in [0.05, 0.1) is 10.8 Å². The van der Waals surface area contributed by atoms with Gasteiger partial charge in [-0.2, -0.15) is 0 Å². The standard InChI is InChI=1S/C18H22OS/c1-4-13(3)17(14-9-7-6-8-10-14)18(19)16-12-11-15(5-2)20-16/h6-13,17H,4-5H2,1-3H3. The second-order valence-corrected chi connectivity index (χ2v) is 6.43. The maximum Gasteiger partial charge on any atom is 0.180 e. The Hall–Kier alpha value is -1.41. The molecule has 0 spiro atoms. The van der Waals surface area contributed by atoms with Gasteiger partial charge in [0, 0.05) is 4.88 Å². The van der Waals surface area contributed by atoms with Crippen LogP contribution in [0.3, 0.4) is 0 Å². The summed E-state index contributed by atoms with van der Waals surface area (Å²) in [5, 5.41) is 0. The van der Waals surface area contributed by atoms with Crippen molar-refractivity contribution in [2.24, 2.45) is 5.92 Å². The second-order valence-electron chi connectivity index (χ2n) is 5.26. The fraction of sp³-hybridized carbons (Fsp3) is 0.389. The van der Waals surface area contributed by atoms with Crippen LogP contribution in [0.1, 0.15) is 53.2 Å². The first kappa shape index (κ1) is 15.0. The smallest absolute Gasteiger partial charge is 0.180 e. The average molecular weight is 286 g/mol. The summed E-state index contributed by atoms with van der Waals surface area (Å²) in [5.41, 5.74) is 1.14. The zero-order chi connectivity index (χ0) is 14.5. The normalized spacial score (nSPS) is 13.9. The third kappa shape index (κ3) is 3.18. The Kier molecular flexibility index (Phi) is 5.13. The van der Waals surface area contributed by atoms with Crippen molar-refractivity contribution < 1.29 is 4.79 Å². The van der Waals surface area contributed by atoms with Crippen molar-refractivity contribution in [2.75, 3.05) is 0 Å². The highest BCUT2D eigenvalue weighted by Crippen LogP contribution is 2.32. The highest BCUT2D eigenvalue weighted by molar-refractivity contribution is 7.14. The molecule has 106 valence electrons. The quantitative estimate of drug-likeness (QED) is 0.656. The van der Waals surface area contributed by atoms with Crippen LogP contribution in [0.25, 0.3) is 0 Å². The molecule has 2 heteroatoms. The molecule has 1 aromatic heterocycles. The number of ketones is 1. The van der Waals surface area contributed by atoms with E-state index < -0.39 is 0 Å². The Morgan fingerprint density at radius 1 is 1.10 bits per heavy atom. The lowest BCUT2D eigenvalue weighted by Crippen LogP contribution is -2.19. The lowest BCUT2D eigenvalue weighted by Gasteiger charge is -2.21. The van der Waals surface area contributed by atoms with Crippen molar-refractivity contribution in [3.05, 3.63) is 57.8 Å². The number of carbonyl (C=O) groups is 1. The SMILES string of the molecule is CCc1ccc(C(=O)C(c2ccccc2)C(C)CC)s1. The molecule has 2 aromatic rings. The number of carbonyl (C=O) groups excluding carboxylic acids is 1. The Bertz CT molecular complexity index is 556. The van der Waals surface area contributed by atoms with E-state index in [1.165, 1.54) is 4.88 Å². The Morgan fingerprint density at radius 3 is 2.35 bits per heavy atom. The Labute approximate surface area is 125 Å². The molecule has 1 nitrogen and oxygen atoms in total. The van der Waals surface area contributed by atoms with Gasteiger partial charge in [-0.3, -0.25) is 4.79 Å². The molecule has 1 aromatic carbocycles. The molecule has 0 fully saturated rings. The van der Waals surface area contributed by atoms with Gasteiger partial charge in [0.2, 0.25) is 0 Å². The molecule has 0 saturated carbocycles. The van der Waals surface area contributed by atoms with Crippen molar-refractivity contribution in [3.63, 3.8) is 0 Å². The third-order valence-corrected chi connectivity index (χ3v) is 5.15. The molecule has 0 N–H and O–H groups in total. The predicted molar refractivity (Wildman–Crippen MR) is 86.7 cm³/mol. The Morgan fingerprint density at radius 2 is 1.80 bits per heavy atom. The highest BCUT2D eigenvalue weighted by atomic mass is 32.1. The maximum atomic E-state index is 12.9. The molecule has 0 aliphatic rings. The van der Waals surface area contributed by atoms with Gasteiger partial charge in [-0.15, -0.1) is 11.3 Å². The molecule has 0 aliphatic heterocycles. The van der Waals surface area contributed by atoms with Crippen LogP contribution >= 0.6 is 11.3 Å². The molecule has 2 rings (SSSR count). The monoisotopic (exact) mass is 286 g/mol. The first-order valence-electron chi connectivity index (χ1n) is 7.35. The molecular weight excluding hydrogens is 264 g/mol. The number of hydrogen-bond acceptors (Lipinski definition) is 2. The molecule has 0 amide bonds. The number of rotatable bonds is 6. The van der Waals surface area contributed by atoms with E-state index in [1.807, 2.05) is 24.3 Å². The van der Waals surface area contributed by atoms with Gasteiger partial charge in [0.1, 0.15) is 0 Å². The van der Waals surface area contributed by atoms with E-state index in [-0.39, 0.29) is 11.7 Å². The van der Waals surface area contributed by atoms with Crippen LogP contribution in [0, 0.1) is 5.92 Å². The molecule has 2 atom stereocenters. The summed E-state index contributed by atoms with van der Waals surface area (Å²) in [6, 6.07) is 14.3. The predicted octanol–water partition coefficient (Wildman–Crippen LogP) is 5.32. The fourth-order valence-corrected chi connectivity index (χ4v) is 3.41. The molecule has 20 heavy (non-hydrogen) atoms. The summed E-state index contributed by atoms with van der Waals surface area (Å²) in [6.07, 6.45) is 2.01. The molecule has 0 radical (unpaired) electrons. The summed E-state index contributed by atoms with van der Waals surface area (Å²) in [4.78, 5) is 15.1. The number of hydrogen-bond donors (Lipinski definition) is 0. The van der Waals surface area contributed by atoms with E-state index in [4.69, 9.17) is 0 Å². The lowest BCUT2D eigenvalue weighted by molar-refractivity contribution is 0.0936. The van der Waals surface area contributed by atoms with E-state index in [0.29, 0.717) is 5.92 Å². The van der Waals surface area contributed by atoms with E-state index >= 15 is 0 Å². The second kappa shape index (κ2) is 6.85. The minimum atomic E-state index is -0.0236. The van der Waals surface area contributed by atoms with Crippen molar-refractivity contribution in [2.45, 2.75) is 39.5 Å². The van der Waals surface area contributed by atoms with Crippen LogP contribution in [0.4, 0.5) is 0 Å². The van der Waals surface area contributed by atoms with Crippen LogP contribution in [0.15, 0.2) is 42.5 Å². The van der Waals surface area contributed by atoms with Gasteiger partial charge in [-0.25, -0.2) is 0 Å². The molecule has 0 aliphatic carbocycles. The summed E-state index contributed by atoms with van der Waals surface area (Å²) in [7, 11) is 0. The number of benzene rings is 1. The third-order valence-electron chi connectivity index (χ3n) is 3.91. The van der Waals surface area contributed by atoms with Crippen LogP contribution in [0.2, 0.25) is 0 Å². The number of Topliss-reactive ketones (excluding diaryl/α,β-unsaturated/α-hetero) is 1. The van der Waals surface area contributed by atoms with Crippen molar-refractivity contribution in [1.29, 1.82) is 0 Å². The first-order chi connectivity index (χ1) is 9.67. The number of thiophene rings is 1. The lowest BCUT2D eigenvalue weighted by atomic mass is 9.82. The molecule has 0 saturated heterocycles. The van der Waals surface area contributed by atoms with E-state index in [2.05, 4.69) is 39.0 Å². The fourth-order valence-electron chi connectivity index (χ4n) is 2.49. The summed E-state index contributed by atoms with van der Waals surface area (Å²) in [6.45, 7) is 6.45. The minimum Gasteiger partial charge on any atom is -0.293 e. The summed E-state index contributed by atoms with van der Waals surface area (Å²) in [5.74, 6) is 0.608. The van der Waals surface area contributed by atoms with Crippen LogP contribution in [-0.4, -0.2) is 5.78 Å². The van der Waals surface area contributed by atoms with E-state index in [1.54, 1.807) is 11.3 Å². The number of aryl methyl sites for hydroxylation is 1. The Balaban J connectivity index is 2.34. The van der Waals surface area contributed by atoms with Crippen molar-refractivity contribution in [3.8, 4) is 0 Å². The van der Waals surface area contributed by atoms with Crippen LogP contribution in [-0.2, 0) is 6.42 Å². The van der Waals surface area contributed by atoms with Gasteiger partial charge in [-0.05, 0) is 30.0 Å². The highest BCUT2D eigenvalue weighted by Gasteiger charge is 2.27. The molecular formula is C18H22OS. The van der Waals surface area contributed by atoms with E-state index in [0.717, 1.165) is 23.3 Å². The average Bonchev–Trinajstić information content (AvgIpc) is 2.97. The summed E-state index contributed by atoms with van der Waals surface area (Å²) >= 11 is 1.64. The topological polar surface area (TPSA) is 17.1 Å². The molecule has 0 bridgehead atoms. The largest absolute Gasteiger partial charge is 0.293 e. The minimum absolute atomic E-state index is 0.0236.